The van der Waals surface area contributed by atoms with E-state index < -0.39 is 0 Å². The molecule has 0 bridgehead atoms. The Morgan fingerprint density at radius 2 is 1.17 bits per heavy atom. The predicted octanol–water partition coefficient (Wildman–Crippen LogP) is 5.44. The van der Waals surface area contributed by atoms with Crippen molar-refractivity contribution in [2.45, 2.75) is 26.2 Å². The number of furan rings is 1. The maximum Gasteiger partial charge on any atom is 0.289 e. The van der Waals surface area contributed by atoms with Crippen LogP contribution in [-0.2, 0) is 26.2 Å². The quantitative estimate of drug-likeness (QED) is 0.321. The van der Waals surface area contributed by atoms with Gasteiger partial charge in [0.1, 0.15) is 5.76 Å². The summed E-state index contributed by atoms with van der Waals surface area (Å²) in [6.45, 7) is 6.36. The van der Waals surface area contributed by atoms with Crippen molar-refractivity contribution in [3.05, 3.63) is 131 Å². The summed E-state index contributed by atoms with van der Waals surface area (Å²) < 4.78 is 6.08. The van der Waals surface area contributed by atoms with Gasteiger partial charge in [-0.1, -0.05) is 91.0 Å². The van der Waals surface area contributed by atoms with Crippen LogP contribution in [0, 0.1) is 0 Å². The van der Waals surface area contributed by atoms with Gasteiger partial charge in [0, 0.05) is 45.8 Å². The molecule has 2 heterocycles. The van der Waals surface area contributed by atoms with E-state index >= 15 is 0 Å². The summed E-state index contributed by atoms with van der Waals surface area (Å²) in [4.78, 5) is 19.8. The molecule has 184 valence electrons. The first-order valence-electron chi connectivity index (χ1n) is 12.7. The molecule has 3 aromatic carbocycles. The number of nitrogens with zero attached hydrogens (tertiary/aromatic N) is 3. The van der Waals surface area contributed by atoms with Gasteiger partial charge in [-0.15, -0.1) is 0 Å². The fourth-order valence-corrected chi connectivity index (χ4v) is 4.76. The zero-order chi connectivity index (χ0) is 24.6. The highest BCUT2D eigenvalue weighted by Gasteiger charge is 2.24. The molecule has 1 aromatic heterocycles. The molecule has 1 aliphatic heterocycles. The zero-order valence-electron chi connectivity index (χ0n) is 20.6. The number of amides is 1. The number of piperazine rings is 1. The molecule has 1 amide bonds. The monoisotopic (exact) mass is 479 g/mol. The summed E-state index contributed by atoms with van der Waals surface area (Å²) in [7, 11) is 0. The molecular formula is C31H33N3O2. The molecule has 5 nitrogen and oxygen atoms in total. The standard InChI is InChI=1S/C31H33N3O2/c35-31(34-20-18-32(19-21-34)22-26-10-4-1-5-11-26)30-17-16-29(36-30)25-33(23-27-12-6-2-7-13-27)24-28-14-8-3-9-15-28/h1-17H,18-25H2. The lowest BCUT2D eigenvalue weighted by Gasteiger charge is -2.34. The number of hydrogen-bond donors (Lipinski definition) is 0. The average molecular weight is 480 g/mol. The number of hydrogen-bond acceptors (Lipinski definition) is 4. The lowest BCUT2D eigenvalue weighted by atomic mass is 10.1. The summed E-state index contributed by atoms with van der Waals surface area (Å²) in [5.74, 6) is 1.23. The van der Waals surface area contributed by atoms with Crippen molar-refractivity contribution in [2.75, 3.05) is 26.2 Å². The molecule has 4 aromatic rings. The molecule has 0 atom stereocenters. The van der Waals surface area contributed by atoms with Gasteiger partial charge in [0.15, 0.2) is 5.76 Å². The number of carbonyl (C=O) groups excluding carboxylic acids is 1. The Balaban J connectivity index is 1.19. The van der Waals surface area contributed by atoms with Crippen LogP contribution in [0.4, 0.5) is 0 Å². The van der Waals surface area contributed by atoms with E-state index in [2.05, 4.69) is 82.6 Å². The van der Waals surface area contributed by atoms with Gasteiger partial charge >= 0.3 is 0 Å². The van der Waals surface area contributed by atoms with E-state index in [9.17, 15) is 4.79 Å². The second-order valence-electron chi connectivity index (χ2n) is 9.44. The molecule has 5 rings (SSSR count). The van der Waals surface area contributed by atoms with Crippen LogP contribution < -0.4 is 0 Å². The van der Waals surface area contributed by atoms with Gasteiger partial charge in [0.2, 0.25) is 0 Å². The minimum atomic E-state index is -0.0155. The van der Waals surface area contributed by atoms with E-state index in [0.717, 1.165) is 51.6 Å². The molecule has 0 unspecified atom stereocenters. The molecule has 0 aliphatic carbocycles. The molecule has 0 N–H and O–H groups in total. The van der Waals surface area contributed by atoms with E-state index in [1.807, 2.05) is 35.2 Å². The summed E-state index contributed by atoms with van der Waals surface area (Å²) in [6.07, 6.45) is 0. The van der Waals surface area contributed by atoms with Gasteiger partial charge in [-0.25, -0.2) is 0 Å². The van der Waals surface area contributed by atoms with Crippen molar-refractivity contribution < 1.29 is 9.21 Å². The molecule has 0 spiro atoms. The summed E-state index contributed by atoms with van der Waals surface area (Å²) in [6, 6.07) is 35.2. The topological polar surface area (TPSA) is 39.9 Å². The van der Waals surface area contributed by atoms with Gasteiger partial charge in [-0.2, -0.15) is 0 Å². The smallest absolute Gasteiger partial charge is 0.289 e. The van der Waals surface area contributed by atoms with Crippen LogP contribution in [-0.4, -0.2) is 46.8 Å². The second kappa shape index (κ2) is 11.8. The van der Waals surface area contributed by atoms with E-state index in [0.29, 0.717) is 12.3 Å². The Labute approximate surface area is 213 Å². The molecule has 0 saturated carbocycles. The lowest BCUT2D eigenvalue weighted by Crippen LogP contribution is -2.48. The third-order valence-electron chi connectivity index (χ3n) is 6.66. The fourth-order valence-electron chi connectivity index (χ4n) is 4.76. The van der Waals surface area contributed by atoms with Crippen LogP contribution in [0.1, 0.15) is 33.0 Å². The Morgan fingerprint density at radius 3 is 1.72 bits per heavy atom. The summed E-state index contributed by atoms with van der Waals surface area (Å²) >= 11 is 0. The minimum Gasteiger partial charge on any atom is -0.455 e. The van der Waals surface area contributed by atoms with Gasteiger partial charge in [0.05, 0.1) is 6.54 Å². The highest BCUT2D eigenvalue weighted by atomic mass is 16.4. The van der Waals surface area contributed by atoms with Crippen molar-refractivity contribution >= 4 is 5.91 Å². The van der Waals surface area contributed by atoms with E-state index in [4.69, 9.17) is 4.42 Å². The first-order valence-corrected chi connectivity index (χ1v) is 12.7. The van der Waals surface area contributed by atoms with Gasteiger partial charge in [0.25, 0.3) is 5.91 Å². The Morgan fingerprint density at radius 1 is 0.639 bits per heavy atom. The summed E-state index contributed by atoms with van der Waals surface area (Å²) in [5.41, 5.74) is 3.82. The Hall–Kier alpha value is -3.67. The third-order valence-corrected chi connectivity index (χ3v) is 6.66. The summed E-state index contributed by atoms with van der Waals surface area (Å²) in [5, 5.41) is 0. The van der Waals surface area contributed by atoms with Gasteiger partial charge in [-0.05, 0) is 28.8 Å². The van der Waals surface area contributed by atoms with Crippen LogP contribution in [0.3, 0.4) is 0 Å². The van der Waals surface area contributed by atoms with Crippen LogP contribution in [0.5, 0.6) is 0 Å². The number of rotatable bonds is 9. The van der Waals surface area contributed by atoms with Crippen LogP contribution >= 0.6 is 0 Å². The Kier molecular flexibility index (Phi) is 7.91. The first-order chi connectivity index (χ1) is 17.7. The molecular weight excluding hydrogens is 446 g/mol. The van der Waals surface area contributed by atoms with Gasteiger partial charge in [-0.3, -0.25) is 14.6 Å². The van der Waals surface area contributed by atoms with E-state index in [1.165, 1.54) is 16.7 Å². The maximum atomic E-state index is 13.1. The second-order valence-corrected chi connectivity index (χ2v) is 9.44. The largest absolute Gasteiger partial charge is 0.455 e. The van der Waals surface area contributed by atoms with Crippen molar-refractivity contribution in [1.29, 1.82) is 0 Å². The average Bonchev–Trinajstić information content (AvgIpc) is 3.39. The first kappa shape index (κ1) is 24.0. The van der Waals surface area contributed by atoms with Crippen LogP contribution in [0.2, 0.25) is 0 Å². The normalized spacial score (nSPS) is 14.3. The lowest BCUT2D eigenvalue weighted by molar-refractivity contribution is 0.0594. The molecule has 0 radical (unpaired) electrons. The van der Waals surface area contributed by atoms with Crippen molar-refractivity contribution in [3.8, 4) is 0 Å². The van der Waals surface area contributed by atoms with E-state index in [1.54, 1.807) is 0 Å². The molecule has 5 heteroatoms. The van der Waals surface area contributed by atoms with Crippen molar-refractivity contribution in [3.63, 3.8) is 0 Å². The zero-order valence-corrected chi connectivity index (χ0v) is 20.6. The molecule has 36 heavy (non-hydrogen) atoms. The SMILES string of the molecule is O=C(c1ccc(CN(Cc2ccccc2)Cc2ccccc2)o1)N1CCN(Cc2ccccc2)CC1. The molecule has 1 saturated heterocycles. The van der Waals surface area contributed by atoms with Crippen LogP contribution in [0.15, 0.2) is 108 Å². The highest BCUT2D eigenvalue weighted by molar-refractivity contribution is 5.91. The Bertz CT molecular complexity index is 1170. The predicted molar refractivity (Wildman–Crippen MR) is 142 cm³/mol. The van der Waals surface area contributed by atoms with Crippen molar-refractivity contribution in [1.82, 2.24) is 14.7 Å². The molecule has 1 aliphatic rings. The number of carbonyl (C=O) groups is 1. The van der Waals surface area contributed by atoms with E-state index in [-0.39, 0.29) is 5.91 Å². The molecule has 1 fully saturated rings. The fraction of sp³-hybridized carbons (Fsp3) is 0.258. The minimum absolute atomic E-state index is 0.0155. The van der Waals surface area contributed by atoms with Gasteiger partial charge < -0.3 is 9.32 Å². The maximum absolute atomic E-state index is 13.1. The third kappa shape index (κ3) is 6.51. The number of benzene rings is 3. The van der Waals surface area contributed by atoms with Crippen molar-refractivity contribution in [2.24, 2.45) is 0 Å². The highest BCUT2D eigenvalue weighted by Crippen LogP contribution is 2.18. The van der Waals surface area contributed by atoms with Crippen LogP contribution in [0.25, 0.3) is 0 Å².